The van der Waals surface area contributed by atoms with Gasteiger partial charge >= 0.3 is 6.36 Å². The van der Waals surface area contributed by atoms with E-state index in [0.29, 0.717) is 17.0 Å². The van der Waals surface area contributed by atoms with Crippen molar-refractivity contribution in [3.05, 3.63) is 90.1 Å². The molecule has 0 aromatic heterocycles. The van der Waals surface area contributed by atoms with Crippen molar-refractivity contribution in [2.45, 2.75) is 6.36 Å². The quantitative estimate of drug-likeness (QED) is 0.532. The van der Waals surface area contributed by atoms with Crippen molar-refractivity contribution >= 4 is 28.8 Å². The van der Waals surface area contributed by atoms with Gasteiger partial charge in [0.2, 0.25) is 0 Å². The van der Waals surface area contributed by atoms with Gasteiger partial charge in [0, 0.05) is 17.8 Å². The molecule has 3 aromatic rings. The van der Waals surface area contributed by atoms with Crippen LogP contribution in [0.5, 0.6) is 11.5 Å². The van der Waals surface area contributed by atoms with E-state index in [0.717, 1.165) is 17.0 Å². The van der Waals surface area contributed by atoms with Crippen molar-refractivity contribution in [1.82, 2.24) is 0 Å². The lowest BCUT2D eigenvalue weighted by Gasteiger charge is -2.16. The van der Waals surface area contributed by atoms with Crippen LogP contribution in [0, 0.1) is 0 Å². The summed E-state index contributed by atoms with van der Waals surface area (Å²) in [6, 6.07) is 20.0. The molecule has 1 aliphatic heterocycles. The molecule has 9 heteroatoms. The Bertz CT molecular complexity index is 1240. The lowest BCUT2D eigenvalue weighted by molar-refractivity contribution is -0.274. The molecule has 6 nitrogen and oxygen atoms in total. The number of hydrogen-bond acceptors (Lipinski definition) is 5. The van der Waals surface area contributed by atoms with Gasteiger partial charge < -0.3 is 14.8 Å². The van der Waals surface area contributed by atoms with Crippen molar-refractivity contribution in [2.75, 3.05) is 17.3 Å². The standard InChI is InChI=1S/C24H17F3N2O4/c1-32-18-11-6-10-17(14-18)29-22(30)20(15-7-3-2-4-8-15)21(23(29)31)28-16-9-5-12-19(13-16)33-24(25,26)27/h2-14,28H,1H3. The van der Waals surface area contributed by atoms with Crippen LogP contribution >= 0.6 is 0 Å². The lowest BCUT2D eigenvalue weighted by atomic mass is 10.0. The second-order valence-electron chi connectivity index (χ2n) is 6.96. The molecule has 1 aliphatic rings. The first-order valence-corrected chi connectivity index (χ1v) is 9.72. The van der Waals surface area contributed by atoms with Gasteiger partial charge in [0.05, 0.1) is 18.4 Å². The van der Waals surface area contributed by atoms with Crippen molar-refractivity contribution in [1.29, 1.82) is 0 Å². The summed E-state index contributed by atoms with van der Waals surface area (Å²) >= 11 is 0. The molecule has 3 aromatic carbocycles. The molecule has 0 saturated heterocycles. The summed E-state index contributed by atoms with van der Waals surface area (Å²) in [7, 11) is 1.46. The van der Waals surface area contributed by atoms with Crippen LogP contribution in [0.25, 0.3) is 5.57 Å². The summed E-state index contributed by atoms with van der Waals surface area (Å²) in [6.07, 6.45) is -4.87. The number of halogens is 3. The number of alkyl halides is 3. The van der Waals surface area contributed by atoms with Crippen LogP contribution < -0.4 is 19.7 Å². The Morgan fingerprint density at radius 2 is 1.52 bits per heavy atom. The van der Waals surface area contributed by atoms with Gasteiger partial charge in [-0.3, -0.25) is 9.59 Å². The number of carbonyl (C=O) groups excluding carboxylic acids is 2. The Hall–Kier alpha value is -4.27. The zero-order valence-electron chi connectivity index (χ0n) is 17.2. The number of benzene rings is 3. The fraction of sp³-hybridized carbons (Fsp3) is 0.0833. The average molecular weight is 454 g/mol. The maximum Gasteiger partial charge on any atom is 0.573 e. The third-order valence-electron chi connectivity index (χ3n) is 4.79. The second-order valence-corrected chi connectivity index (χ2v) is 6.96. The molecular weight excluding hydrogens is 437 g/mol. The molecule has 0 atom stereocenters. The minimum atomic E-state index is -4.87. The molecule has 4 rings (SSSR count). The minimum Gasteiger partial charge on any atom is -0.497 e. The predicted molar refractivity (Wildman–Crippen MR) is 116 cm³/mol. The van der Waals surface area contributed by atoms with E-state index in [2.05, 4.69) is 10.1 Å². The molecule has 2 amide bonds. The molecule has 1 heterocycles. The smallest absolute Gasteiger partial charge is 0.497 e. The van der Waals surface area contributed by atoms with E-state index in [-0.39, 0.29) is 17.0 Å². The van der Waals surface area contributed by atoms with E-state index >= 15 is 0 Å². The number of ether oxygens (including phenoxy) is 2. The number of carbonyl (C=O) groups is 2. The highest BCUT2D eigenvalue weighted by molar-refractivity contribution is 6.46. The average Bonchev–Trinajstić information content (AvgIpc) is 3.02. The second kappa shape index (κ2) is 8.70. The zero-order chi connectivity index (χ0) is 23.6. The van der Waals surface area contributed by atoms with Crippen LogP contribution in [0.2, 0.25) is 0 Å². The molecule has 1 N–H and O–H groups in total. The van der Waals surface area contributed by atoms with Crippen LogP contribution in [0.3, 0.4) is 0 Å². The van der Waals surface area contributed by atoms with Crippen LogP contribution in [-0.2, 0) is 9.59 Å². The number of rotatable bonds is 6. The van der Waals surface area contributed by atoms with Crippen LogP contribution in [-0.4, -0.2) is 25.3 Å². The molecule has 33 heavy (non-hydrogen) atoms. The molecular formula is C24H17F3N2O4. The van der Waals surface area contributed by atoms with E-state index in [1.165, 1.54) is 19.2 Å². The molecule has 0 spiro atoms. The topological polar surface area (TPSA) is 67.9 Å². The Labute approximate surface area is 186 Å². The Balaban J connectivity index is 1.76. The molecule has 0 saturated carbocycles. The first kappa shape index (κ1) is 21.9. The highest BCUT2D eigenvalue weighted by atomic mass is 19.4. The first-order chi connectivity index (χ1) is 15.8. The van der Waals surface area contributed by atoms with Crippen molar-refractivity contribution in [3.63, 3.8) is 0 Å². The summed E-state index contributed by atoms with van der Waals surface area (Å²) in [4.78, 5) is 27.7. The maximum absolute atomic E-state index is 13.4. The number of nitrogens with one attached hydrogen (secondary N) is 1. The highest BCUT2D eigenvalue weighted by Gasteiger charge is 2.40. The highest BCUT2D eigenvalue weighted by Crippen LogP contribution is 2.35. The number of hydrogen-bond donors (Lipinski definition) is 1. The van der Waals surface area contributed by atoms with Crippen molar-refractivity contribution in [3.8, 4) is 11.5 Å². The summed E-state index contributed by atoms with van der Waals surface area (Å²) in [6.45, 7) is 0. The molecule has 0 aliphatic carbocycles. The minimum absolute atomic E-state index is 0.0711. The molecule has 0 unspecified atom stereocenters. The molecule has 0 radical (unpaired) electrons. The Morgan fingerprint density at radius 1 is 0.818 bits per heavy atom. The number of imide groups is 1. The normalized spacial score (nSPS) is 14.0. The number of amides is 2. The van der Waals surface area contributed by atoms with Gasteiger partial charge in [0.25, 0.3) is 11.8 Å². The van der Waals surface area contributed by atoms with Gasteiger partial charge in [-0.15, -0.1) is 13.2 Å². The van der Waals surface area contributed by atoms with E-state index in [4.69, 9.17) is 4.74 Å². The van der Waals surface area contributed by atoms with Crippen LogP contribution in [0.1, 0.15) is 5.56 Å². The molecule has 0 bridgehead atoms. The molecule has 0 fully saturated rings. The largest absolute Gasteiger partial charge is 0.573 e. The molecule has 168 valence electrons. The van der Waals surface area contributed by atoms with Crippen molar-refractivity contribution in [2.24, 2.45) is 0 Å². The maximum atomic E-state index is 13.4. The van der Waals surface area contributed by atoms with E-state index in [1.807, 2.05) is 0 Å². The van der Waals surface area contributed by atoms with Gasteiger partial charge in [-0.25, -0.2) is 4.90 Å². The van der Waals surface area contributed by atoms with Crippen molar-refractivity contribution < 1.29 is 32.2 Å². The monoisotopic (exact) mass is 454 g/mol. The van der Waals surface area contributed by atoms with Gasteiger partial charge in [0.1, 0.15) is 17.2 Å². The van der Waals surface area contributed by atoms with E-state index < -0.39 is 23.9 Å². The third-order valence-corrected chi connectivity index (χ3v) is 4.79. The van der Waals surface area contributed by atoms with Crippen LogP contribution in [0.4, 0.5) is 24.5 Å². The van der Waals surface area contributed by atoms with Gasteiger partial charge in [-0.05, 0) is 29.8 Å². The summed E-state index contributed by atoms with van der Waals surface area (Å²) < 4.78 is 47.0. The Kier molecular flexibility index (Phi) is 5.78. The Morgan fingerprint density at radius 3 is 2.21 bits per heavy atom. The summed E-state index contributed by atoms with van der Waals surface area (Å²) in [5, 5.41) is 2.81. The lowest BCUT2D eigenvalue weighted by Crippen LogP contribution is -2.32. The third kappa shape index (κ3) is 4.67. The predicted octanol–water partition coefficient (Wildman–Crippen LogP) is 4.99. The fourth-order valence-electron chi connectivity index (χ4n) is 3.42. The summed E-state index contributed by atoms with van der Waals surface area (Å²) in [5.41, 5.74) is 0.938. The van der Waals surface area contributed by atoms with E-state index in [1.54, 1.807) is 54.6 Å². The van der Waals surface area contributed by atoms with Gasteiger partial charge in [-0.1, -0.05) is 42.5 Å². The zero-order valence-corrected chi connectivity index (χ0v) is 17.2. The number of methoxy groups -OCH3 is 1. The SMILES string of the molecule is COc1cccc(N2C(=O)C(Nc3cccc(OC(F)(F)F)c3)=C(c3ccccc3)C2=O)c1. The van der Waals surface area contributed by atoms with Gasteiger partial charge in [-0.2, -0.15) is 0 Å². The first-order valence-electron chi connectivity index (χ1n) is 9.72. The van der Waals surface area contributed by atoms with Gasteiger partial charge in [0.15, 0.2) is 0 Å². The van der Waals surface area contributed by atoms with E-state index in [9.17, 15) is 22.8 Å². The number of nitrogens with zero attached hydrogens (tertiary/aromatic N) is 1. The summed E-state index contributed by atoms with van der Waals surface area (Å²) in [5.74, 6) is -1.25. The number of anilines is 2. The van der Waals surface area contributed by atoms with Crippen LogP contribution in [0.15, 0.2) is 84.6 Å². The fourth-order valence-corrected chi connectivity index (χ4v) is 3.42.